The summed E-state index contributed by atoms with van der Waals surface area (Å²) in [6, 6.07) is 6.51. The second-order valence-corrected chi connectivity index (χ2v) is 5.85. The van der Waals surface area contributed by atoms with Gasteiger partial charge in [0.1, 0.15) is 23.6 Å². The molecule has 8 heteroatoms. The molecule has 0 bridgehead atoms. The highest BCUT2D eigenvalue weighted by Crippen LogP contribution is 2.22. The molecule has 0 atom stereocenters. The Hall–Kier alpha value is -2.58. The van der Waals surface area contributed by atoms with Crippen LogP contribution >= 0.6 is 0 Å². The van der Waals surface area contributed by atoms with Gasteiger partial charge in [-0.25, -0.2) is 19.0 Å². The van der Waals surface area contributed by atoms with Crippen molar-refractivity contribution in [3.63, 3.8) is 0 Å². The minimum atomic E-state index is -0.340. The highest BCUT2D eigenvalue weighted by atomic mass is 19.1. The maximum absolute atomic E-state index is 14.1. The molecule has 7 nitrogen and oxygen atoms in total. The number of benzene rings is 1. The van der Waals surface area contributed by atoms with Crippen molar-refractivity contribution in [2.45, 2.75) is 0 Å². The molecule has 1 aromatic carbocycles. The van der Waals surface area contributed by atoms with Crippen LogP contribution in [0.15, 0.2) is 36.8 Å². The maximum Gasteiger partial charge on any atom is 0.168 e. The number of nitrogens with zero attached hydrogens (tertiary/aromatic N) is 5. The van der Waals surface area contributed by atoms with Crippen LogP contribution in [0.4, 0.5) is 10.2 Å². The van der Waals surface area contributed by atoms with Gasteiger partial charge in [-0.2, -0.15) is 5.10 Å². The van der Waals surface area contributed by atoms with Crippen molar-refractivity contribution in [1.29, 1.82) is 0 Å². The van der Waals surface area contributed by atoms with Crippen molar-refractivity contribution in [2.24, 2.45) is 0 Å². The lowest BCUT2D eigenvalue weighted by atomic mass is 10.3. The quantitative estimate of drug-likeness (QED) is 0.761. The first-order valence-electron chi connectivity index (χ1n) is 8.30. The van der Waals surface area contributed by atoms with Crippen LogP contribution < -0.4 is 5.32 Å². The van der Waals surface area contributed by atoms with Crippen LogP contribution in [0.2, 0.25) is 0 Å². The molecule has 4 rings (SSSR count). The molecule has 130 valence electrons. The molecule has 0 unspecified atom stereocenters. The summed E-state index contributed by atoms with van der Waals surface area (Å²) in [6.07, 6.45) is 3.14. The van der Waals surface area contributed by atoms with Crippen molar-refractivity contribution in [1.82, 2.24) is 24.6 Å². The van der Waals surface area contributed by atoms with Gasteiger partial charge in [0.15, 0.2) is 5.65 Å². The van der Waals surface area contributed by atoms with E-state index in [0.29, 0.717) is 17.2 Å². The Morgan fingerprint density at radius 1 is 1.16 bits per heavy atom. The predicted octanol–water partition coefficient (Wildman–Crippen LogP) is 1.70. The number of aromatic nitrogens is 4. The Morgan fingerprint density at radius 3 is 2.84 bits per heavy atom. The number of halogens is 1. The molecule has 3 aromatic rings. The topological polar surface area (TPSA) is 68.1 Å². The van der Waals surface area contributed by atoms with Crippen molar-refractivity contribution in [3.8, 4) is 5.69 Å². The molecule has 3 heterocycles. The summed E-state index contributed by atoms with van der Waals surface area (Å²) in [5, 5.41) is 8.40. The molecule has 0 saturated carbocycles. The Bertz CT molecular complexity index is 861. The van der Waals surface area contributed by atoms with Gasteiger partial charge < -0.3 is 10.1 Å². The van der Waals surface area contributed by atoms with E-state index in [1.54, 1.807) is 24.4 Å². The SMILES string of the molecule is Fc1ccccc1-n1ncc2c(NCCN3CCOCC3)ncnc21. The van der Waals surface area contributed by atoms with E-state index in [-0.39, 0.29) is 5.82 Å². The predicted molar refractivity (Wildman–Crippen MR) is 92.4 cm³/mol. The van der Waals surface area contributed by atoms with Crippen LogP contribution in [0.1, 0.15) is 0 Å². The summed E-state index contributed by atoms with van der Waals surface area (Å²) in [5.74, 6) is 0.369. The number of morpholine rings is 1. The second-order valence-electron chi connectivity index (χ2n) is 5.85. The van der Waals surface area contributed by atoms with Crippen LogP contribution in [-0.4, -0.2) is 64.0 Å². The summed E-state index contributed by atoms with van der Waals surface area (Å²) in [6.45, 7) is 5.14. The van der Waals surface area contributed by atoms with E-state index in [1.165, 1.54) is 17.1 Å². The van der Waals surface area contributed by atoms with Gasteiger partial charge in [0.05, 0.1) is 24.8 Å². The van der Waals surface area contributed by atoms with Gasteiger partial charge in [-0.15, -0.1) is 0 Å². The van der Waals surface area contributed by atoms with Crippen LogP contribution in [0.5, 0.6) is 0 Å². The molecular weight excluding hydrogens is 323 g/mol. The van der Waals surface area contributed by atoms with E-state index in [1.807, 2.05) is 0 Å². The zero-order valence-electron chi connectivity index (χ0n) is 13.7. The minimum Gasteiger partial charge on any atom is -0.379 e. The Kier molecular flexibility index (Phi) is 4.53. The molecule has 1 aliphatic rings. The zero-order valence-corrected chi connectivity index (χ0v) is 13.7. The third-order valence-electron chi connectivity index (χ3n) is 4.27. The summed E-state index contributed by atoms with van der Waals surface area (Å²) in [7, 11) is 0. The molecule has 0 spiro atoms. The number of rotatable bonds is 5. The first-order chi connectivity index (χ1) is 12.3. The lowest BCUT2D eigenvalue weighted by Crippen LogP contribution is -2.39. The minimum absolute atomic E-state index is 0.340. The smallest absolute Gasteiger partial charge is 0.168 e. The van der Waals surface area contributed by atoms with Gasteiger partial charge in [-0.3, -0.25) is 4.90 Å². The number of anilines is 1. The van der Waals surface area contributed by atoms with Gasteiger partial charge in [-0.1, -0.05) is 12.1 Å². The van der Waals surface area contributed by atoms with Crippen LogP contribution in [0.3, 0.4) is 0 Å². The highest BCUT2D eigenvalue weighted by Gasteiger charge is 2.14. The van der Waals surface area contributed by atoms with Gasteiger partial charge in [0, 0.05) is 26.2 Å². The lowest BCUT2D eigenvalue weighted by Gasteiger charge is -2.26. The fraction of sp³-hybridized carbons (Fsp3) is 0.353. The average molecular weight is 342 g/mol. The third kappa shape index (κ3) is 3.31. The van der Waals surface area contributed by atoms with E-state index in [9.17, 15) is 4.39 Å². The molecular formula is C17H19FN6O. The van der Waals surface area contributed by atoms with E-state index in [4.69, 9.17) is 4.74 Å². The van der Waals surface area contributed by atoms with Gasteiger partial charge in [0.25, 0.3) is 0 Å². The normalized spacial score (nSPS) is 15.6. The number of ether oxygens (including phenoxy) is 1. The monoisotopic (exact) mass is 342 g/mol. The van der Waals surface area contributed by atoms with E-state index < -0.39 is 0 Å². The van der Waals surface area contributed by atoms with Gasteiger partial charge in [-0.05, 0) is 12.1 Å². The largest absolute Gasteiger partial charge is 0.379 e. The Balaban J connectivity index is 1.54. The zero-order chi connectivity index (χ0) is 17.1. The fourth-order valence-corrected chi connectivity index (χ4v) is 2.94. The number of hydrogen-bond donors (Lipinski definition) is 1. The average Bonchev–Trinajstić information content (AvgIpc) is 3.08. The summed E-state index contributed by atoms with van der Waals surface area (Å²) >= 11 is 0. The van der Waals surface area contributed by atoms with Crippen LogP contribution in [0, 0.1) is 5.82 Å². The Morgan fingerprint density at radius 2 is 2.00 bits per heavy atom. The summed E-state index contributed by atoms with van der Waals surface area (Å²) in [4.78, 5) is 10.9. The van der Waals surface area contributed by atoms with Crippen molar-refractivity contribution < 1.29 is 9.13 Å². The number of nitrogens with one attached hydrogen (secondary N) is 1. The molecule has 1 saturated heterocycles. The molecule has 1 N–H and O–H groups in total. The maximum atomic E-state index is 14.1. The first kappa shape index (κ1) is 15.9. The van der Waals surface area contributed by atoms with Crippen LogP contribution in [0.25, 0.3) is 16.7 Å². The van der Waals surface area contributed by atoms with Crippen molar-refractivity contribution in [2.75, 3.05) is 44.7 Å². The molecule has 1 fully saturated rings. The number of para-hydroxylation sites is 1. The summed E-state index contributed by atoms with van der Waals surface area (Å²) < 4.78 is 20.9. The first-order valence-corrected chi connectivity index (χ1v) is 8.30. The highest BCUT2D eigenvalue weighted by molar-refractivity contribution is 5.87. The van der Waals surface area contributed by atoms with Gasteiger partial charge >= 0.3 is 0 Å². The standard InChI is InChI=1S/C17H19FN6O/c18-14-3-1-2-4-15(14)24-17-13(11-22-24)16(20-12-21-17)19-5-6-23-7-9-25-10-8-23/h1-4,11-12H,5-10H2,(H,19,20,21). The Labute approximate surface area is 144 Å². The van der Waals surface area contributed by atoms with Crippen LogP contribution in [-0.2, 0) is 4.74 Å². The molecule has 0 radical (unpaired) electrons. The van der Waals surface area contributed by atoms with Gasteiger partial charge in [0.2, 0.25) is 0 Å². The molecule has 0 amide bonds. The third-order valence-corrected chi connectivity index (χ3v) is 4.27. The van der Waals surface area contributed by atoms with E-state index >= 15 is 0 Å². The molecule has 2 aromatic heterocycles. The number of fused-ring (bicyclic) bond motifs is 1. The molecule has 0 aliphatic carbocycles. The van der Waals surface area contributed by atoms with E-state index in [0.717, 1.165) is 44.8 Å². The molecule has 25 heavy (non-hydrogen) atoms. The lowest BCUT2D eigenvalue weighted by molar-refractivity contribution is 0.0398. The summed E-state index contributed by atoms with van der Waals surface area (Å²) in [5.41, 5.74) is 0.949. The van der Waals surface area contributed by atoms with E-state index in [2.05, 4.69) is 25.3 Å². The molecule has 1 aliphatic heterocycles. The van der Waals surface area contributed by atoms with Crippen molar-refractivity contribution in [3.05, 3.63) is 42.6 Å². The van der Waals surface area contributed by atoms with Crippen molar-refractivity contribution >= 4 is 16.9 Å². The fourth-order valence-electron chi connectivity index (χ4n) is 2.94. The number of hydrogen-bond acceptors (Lipinski definition) is 6. The second kappa shape index (κ2) is 7.12.